The zero-order chi connectivity index (χ0) is 12.5. The Hall–Kier alpha value is -0.770. The van der Waals surface area contributed by atoms with Crippen LogP contribution in [0.25, 0.3) is 0 Å². The van der Waals surface area contributed by atoms with Gasteiger partial charge in [0.2, 0.25) is 0 Å². The lowest BCUT2D eigenvalue weighted by Crippen LogP contribution is -2.41. The van der Waals surface area contributed by atoms with E-state index in [-0.39, 0.29) is 10.6 Å². The van der Waals surface area contributed by atoms with E-state index in [9.17, 15) is 9.90 Å². The maximum atomic E-state index is 11.2. The van der Waals surface area contributed by atoms with Crippen molar-refractivity contribution in [1.82, 2.24) is 0 Å². The van der Waals surface area contributed by atoms with Crippen molar-refractivity contribution in [3.8, 4) is 0 Å². The van der Waals surface area contributed by atoms with Crippen LogP contribution < -0.4 is 0 Å². The van der Waals surface area contributed by atoms with Crippen LogP contribution in [0.2, 0.25) is 10.0 Å². The van der Waals surface area contributed by atoms with E-state index in [0.717, 1.165) is 0 Å². The fraction of sp³-hybridized carbons (Fsp3) is 0.364. The fourth-order valence-corrected chi connectivity index (χ4v) is 2.02. The third-order valence-corrected chi connectivity index (χ3v) is 3.05. The summed E-state index contributed by atoms with van der Waals surface area (Å²) in [5, 5.41) is 19.8. The number of halogens is 2. The van der Waals surface area contributed by atoms with Crippen LogP contribution in [0.3, 0.4) is 0 Å². The number of hydrogen-bond acceptors (Lipinski definition) is 2. The van der Waals surface area contributed by atoms with Crippen molar-refractivity contribution in [2.24, 2.45) is 5.92 Å². The Labute approximate surface area is 104 Å². The smallest absolute Gasteiger partial charge is 0.340 e. The van der Waals surface area contributed by atoms with Crippen molar-refractivity contribution in [2.75, 3.05) is 0 Å². The van der Waals surface area contributed by atoms with Gasteiger partial charge >= 0.3 is 5.97 Å². The highest BCUT2D eigenvalue weighted by molar-refractivity contribution is 6.35. The molecule has 2 N–H and O–H groups in total. The van der Waals surface area contributed by atoms with Gasteiger partial charge < -0.3 is 10.2 Å². The van der Waals surface area contributed by atoms with Gasteiger partial charge in [-0.1, -0.05) is 43.1 Å². The first-order chi connectivity index (χ1) is 7.30. The molecule has 88 valence electrons. The highest BCUT2D eigenvalue weighted by Gasteiger charge is 2.42. The van der Waals surface area contributed by atoms with Crippen LogP contribution in [0, 0.1) is 5.92 Å². The molecule has 0 bridgehead atoms. The van der Waals surface area contributed by atoms with Gasteiger partial charge in [-0.05, 0) is 18.1 Å². The van der Waals surface area contributed by atoms with Crippen LogP contribution in [-0.2, 0) is 10.4 Å². The molecule has 0 aliphatic heterocycles. The number of rotatable bonds is 3. The summed E-state index contributed by atoms with van der Waals surface area (Å²) in [5.41, 5.74) is -1.84. The molecule has 5 heteroatoms. The number of carboxylic acids is 1. The normalized spacial score (nSPS) is 14.9. The first-order valence-corrected chi connectivity index (χ1v) is 5.47. The third kappa shape index (κ3) is 2.17. The minimum absolute atomic E-state index is 0.145. The summed E-state index contributed by atoms with van der Waals surface area (Å²) >= 11 is 11.6. The Morgan fingerprint density at radius 3 is 2.31 bits per heavy atom. The van der Waals surface area contributed by atoms with Gasteiger partial charge in [-0.25, -0.2) is 4.79 Å². The van der Waals surface area contributed by atoms with E-state index < -0.39 is 17.5 Å². The molecule has 0 aliphatic carbocycles. The second kappa shape index (κ2) is 4.62. The van der Waals surface area contributed by atoms with Crippen molar-refractivity contribution in [2.45, 2.75) is 19.4 Å². The zero-order valence-corrected chi connectivity index (χ0v) is 10.4. The summed E-state index contributed by atoms with van der Waals surface area (Å²) in [5.74, 6) is -1.84. The lowest BCUT2D eigenvalue weighted by Gasteiger charge is -2.28. The van der Waals surface area contributed by atoms with Crippen LogP contribution >= 0.6 is 23.2 Å². The molecule has 0 fully saturated rings. The maximum Gasteiger partial charge on any atom is 0.340 e. The highest BCUT2D eigenvalue weighted by Crippen LogP contribution is 2.35. The predicted molar refractivity (Wildman–Crippen MR) is 62.8 cm³/mol. The van der Waals surface area contributed by atoms with Gasteiger partial charge in [0.1, 0.15) is 0 Å². The Morgan fingerprint density at radius 2 is 1.94 bits per heavy atom. The third-order valence-electron chi connectivity index (χ3n) is 2.50. The molecule has 3 nitrogen and oxygen atoms in total. The standard InChI is InChI=1S/C11H12Cl2O3/c1-6(2)11(16,10(14)15)8-4-3-7(12)5-9(8)13/h3-6,16H,1-2H3,(H,14,15). The van der Waals surface area contributed by atoms with Gasteiger partial charge in [0.25, 0.3) is 0 Å². The molecule has 1 unspecified atom stereocenters. The fourth-order valence-electron chi connectivity index (χ4n) is 1.47. The molecule has 0 saturated heterocycles. The molecular weight excluding hydrogens is 251 g/mol. The van der Waals surface area contributed by atoms with Gasteiger partial charge in [0, 0.05) is 15.6 Å². The first-order valence-electron chi connectivity index (χ1n) is 4.71. The van der Waals surface area contributed by atoms with Crippen molar-refractivity contribution < 1.29 is 15.0 Å². The van der Waals surface area contributed by atoms with E-state index in [2.05, 4.69) is 0 Å². The van der Waals surface area contributed by atoms with E-state index in [1.54, 1.807) is 13.8 Å². The minimum atomic E-state index is -2.00. The zero-order valence-electron chi connectivity index (χ0n) is 8.87. The molecule has 0 saturated carbocycles. The number of carboxylic acid groups (broad SMARTS) is 1. The van der Waals surface area contributed by atoms with E-state index >= 15 is 0 Å². The summed E-state index contributed by atoms with van der Waals surface area (Å²) in [6.07, 6.45) is 0. The molecule has 1 aromatic carbocycles. The highest BCUT2D eigenvalue weighted by atomic mass is 35.5. The SMILES string of the molecule is CC(C)C(O)(C(=O)O)c1ccc(Cl)cc1Cl. The summed E-state index contributed by atoms with van der Waals surface area (Å²) < 4.78 is 0. The Bertz CT molecular complexity index is 418. The van der Waals surface area contributed by atoms with Crippen molar-refractivity contribution >= 4 is 29.2 Å². The number of aliphatic carboxylic acids is 1. The number of hydrogen-bond donors (Lipinski definition) is 2. The average molecular weight is 263 g/mol. The number of benzene rings is 1. The van der Waals surface area contributed by atoms with Gasteiger partial charge in [-0.15, -0.1) is 0 Å². The van der Waals surface area contributed by atoms with E-state index in [4.69, 9.17) is 28.3 Å². The van der Waals surface area contributed by atoms with Crippen LogP contribution in [0.1, 0.15) is 19.4 Å². The predicted octanol–water partition coefficient (Wildman–Crippen LogP) is 2.92. The molecule has 0 amide bonds. The molecule has 0 radical (unpaired) electrons. The second-order valence-electron chi connectivity index (χ2n) is 3.85. The van der Waals surface area contributed by atoms with Gasteiger partial charge in [-0.3, -0.25) is 0 Å². The average Bonchev–Trinajstić information content (AvgIpc) is 2.15. The Balaban J connectivity index is 3.38. The molecule has 0 aliphatic rings. The van der Waals surface area contributed by atoms with Crippen LogP contribution in [0.5, 0.6) is 0 Å². The number of carbonyl (C=O) groups is 1. The van der Waals surface area contributed by atoms with Crippen LogP contribution in [0.15, 0.2) is 18.2 Å². The molecule has 16 heavy (non-hydrogen) atoms. The quantitative estimate of drug-likeness (QED) is 0.881. The van der Waals surface area contributed by atoms with Gasteiger partial charge in [0.05, 0.1) is 0 Å². The van der Waals surface area contributed by atoms with Crippen molar-refractivity contribution in [3.05, 3.63) is 33.8 Å². The monoisotopic (exact) mass is 262 g/mol. The summed E-state index contributed by atoms with van der Waals surface area (Å²) in [4.78, 5) is 11.2. The lowest BCUT2D eigenvalue weighted by molar-refractivity contribution is -0.165. The lowest BCUT2D eigenvalue weighted by atomic mass is 9.83. The number of aliphatic hydroxyl groups is 1. The van der Waals surface area contributed by atoms with Crippen molar-refractivity contribution in [3.63, 3.8) is 0 Å². The Morgan fingerprint density at radius 1 is 1.38 bits per heavy atom. The summed E-state index contributed by atoms with van der Waals surface area (Å²) in [6.45, 7) is 3.22. The molecule has 1 rings (SSSR count). The van der Waals surface area contributed by atoms with E-state index in [1.807, 2.05) is 0 Å². The topological polar surface area (TPSA) is 57.5 Å². The van der Waals surface area contributed by atoms with Crippen molar-refractivity contribution in [1.29, 1.82) is 0 Å². The maximum absolute atomic E-state index is 11.2. The molecule has 0 spiro atoms. The van der Waals surface area contributed by atoms with E-state index in [1.165, 1.54) is 18.2 Å². The van der Waals surface area contributed by atoms with Gasteiger partial charge in [0.15, 0.2) is 5.60 Å². The van der Waals surface area contributed by atoms with Crippen LogP contribution in [-0.4, -0.2) is 16.2 Å². The molecule has 1 aromatic rings. The van der Waals surface area contributed by atoms with Gasteiger partial charge in [-0.2, -0.15) is 0 Å². The first kappa shape index (κ1) is 13.3. The second-order valence-corrected chi connectivity index (χ2v) is 4.69. The summed E-state index contributed by atoms with van der Waals surface area (Å²) in [6, 6.07) is 4.34. The van der Waals surface area contributed by atoms with E-state index in [0.29, 0.717) is 5.02 Å². The summed E-state index contributed by atoms with van der Waals surface area (Å²) in [7, 11) is 0. The minimum Gasteiger partial charge on any atom is -0.479 e. The molecular formula is C11H12Cl2O3. The molecule has 0 aromatic heterocycles. The largest absolute Gasteiger partial charge is 0.479 e. The van der Waals surface area contributed by atoms with Crippen LogP contribution in [0.4, 0.5) is 0 Å². The molecule has 0 heterocycles. The Kier molecular flexibility index (Phi) is 3.84. The molecule has 1 atom stereocenters.